The first kappa shape index (κ1) is 13.2. The summed E-state index contributed by atoms with van der Waals surface area (Å²) in [6.45, 7) is 6.46. The highest BCUT2D eigenvalue weighted by molar-refractivity contribution is 7.12. The second kappa shape index (κ2) is 5.63. The van der Waals surface area contributed by atoms with Crippen molar-refractivity contribution in [3.63, 3.8) is 0 Å². The van der Waals surface area contributed by atoms with Crippen molar-refractivity contribution in [3.05, 3.63) is 40.2 Å². The molecule has 1 unspecified atom stereocenters. The van der Waals surface area contributed by atoms with Crippen LogP contribution in [0.5, 0.6) is 0 Å². The van der Waals surface area contributed by atoms with Crippen LogP contribution < -0.4 is 5.73 Å². The number of rotatable bonds is 4. The Balaban J connectivity index is 2.42. The molecule has 2 N–H and O–H groups in total. The molecule has 2 aromatic rings. The Morgan fingerprint density at radius 2 is 1.83 bits per heavy atom. The molecular weight excluding hydrogens is 240 g/mol. The molecule has 0 spiro atoms. The van der Waals surface area contributed by atoms with Gasteiger partial charge in [0.25, 0.3) is 0 Å². The largest absolute Gasteiger partial charge is 0.328 e. The van der Waals surface area contributed by atoms with Gasteiger partial charge in [0.15, 0.2) is 0 Å². The van der Waals surface area contributed by atoms with Crippen LogP contribution in [-0.2, 0) is 6.42 Å². The van der Waals surface area contributed by atoms with E-state index in [1.807, 2.05) is 13.0 Å². The van der Waals surface area contributed by atoms with Crippen molar-refractivity contribution in [1.29, 1.82) is 0 Å². The predicted octanol–water partition coefficient (Wildman–Crippen LogP) is 3.82. The average Bonchev–Trinajstić information content (AvgIpc) is 2.73. The Hall–Kier alpha value is -1.19. The summed E-state index contributed by atoms with van der Waals surface area (Å²) >= 11 is 1.80. The summed E-state index contributed by atoms with van der Waals surface area (Å²) in [6, 6.07) is 10.6. The molecule has 0 aliphatic heterocycles. The molecule has 18 heavy (non-hydrogen) atoms. The fraction of sp³-hybridized carbons (Fsp3) is 0.400. The van der Waals surface area contributed by atoms with E-state index in [0.717, 1.165) is 17.1 Å². The van der Waals surface area contributed by atoms with Crippen LogP contribution in [0.4, 0.5) is 0 Å². The van der Waals surface area contributed by atoms with Crippen molar-refractivity contribution in [2.24, 2.45) is 5.73 Å². The second-order valence-corrected chi connectivity index (χ2v) is 6.14. The van der Waals surface area contributed by atoms with E-state index in [1.54, 1.807) is 11.3 Å². The Labute approximate surface area is 113 Å². The van der Waals surface area contributed by atoms with Crippen molar-refractivity contribution >= 4 is 11.3 Å². The van der Waals surface area contributed by atoms with Crippen LogP contribution in [0.15, 0.2) is 30.3 Å². The summed E-state index contributed by atoms with van der Waals surface area (Å²) in [5.41, 5.74) is 8.20. The predicted molar refractivity (Wildman–Crippen MR) is 79.0 cm³/mol. The minimum Gasteiger partial charge on any atom is -0.328 e. The lowest BCUT2D eigenvalue weighted by atomic mass is 10.1. The normalized spacial score (nSPS) is 12.9. The molecule has 0 aliphatic rings. The van der Waals surface area contributed by atoms with E-state index in [2.05, 4.69) is 38.1 Å². The van der Waals surface area contributed by atoms with Crippen LogP contribution in [0.25, 0.3) is 11.3 Å². The van der Waals surface area contributed by atoms with Gasteiger partial charge in [-0.2, -0.15) is 0 Å². The summed E-state index contributed by atoms with van der Waals surface area (Å²) in [5.74, 6) is 0.500. The molecule has 0 aliphatic carbocycles. The van der Waals surface area contributed by atoms with Crippen molar-refractivity contribution in [3.8, 4) is 11.3 Å². The maximum absolute atomic E-state index is 5.87. The van der Waals surface area contributed by atoms with Gasteiger partial charge in [-0.15, -0.1) is 11.3 Å². The van der Waals surface area contributed by atoms with Gasteiger partial charge in [0.2, 0.25) is 0 Å². The molecule has 1 aromatic carbocycles. The van der Waals surface area contributed by atoms with Crippen LogP contribution in [-0.4, -0.2) is 11.0 Å². The quantitative estimate of drug-likeness (QED) is 0.907. The topological polar surface area (TPSA) is 38.9 Å². The van der Waals surface area contributed by atoms with Crippen LogP contribution in [0.2, 0.25) is 0 Å². The number of aromatic nitrogens is 1. The average molecular weight is 260 g/mol. The number of hydrogen-bond acceptors (Lipinski definition) is 3. The minimum absolute atomic E-state index is 0.166. The van der Waals surface area contributed by atoms with Gasteiger partial charge in [-0.3, -0.25) is 0 Å². The molecule has 0 saturated carbocycles. The zero-order valence-corrected chi connectivity index (χ0v) is 12.0. The lowest BCUT2D eigenvalue weighted by Gasteiger charge is -2.04. The zero-order valence-electron chi connectivity index (χ0n) is 11.2. The zero-order chi connectivity index (χ0) is 13.1. The molecule has 0 saturated heterocycles. The monoisotopic (exact) mass is 260 g/mol. The molecule has 0 radical (unpaired) electrons. The molecule has 1 aromatic heterocycles. The van der Waals surface area contributed by atoms with Gasteiger partial charge in [0.05, 0.1) is 10.7 Å². The molecule has 2 rings (SSSR count). The maximum atomic E-state index is 5.87. The van der Waals surface area contributed by atoms with E-state index in [0.29, 0.717) is 5.92 Å². The molecule has 3 heteroatoms. The van der Waals surface area contributed by atoms with E-state index in [-0.39, 0.29) is 6.04 Å². The number of thiazole rings is 1. The molecule has 0 bridgehead atoms. The van der Waals surface area contributed by atoms with Gasteiger partial charge >= 0.3 is 0 Å². The van der Waals surface area contributed by atoms with Crippen LogP contribution in [0.1, 0.15) is 36.6 Å². The lowest BCUT2D eigenvalue weighted by Crippen LogP contribution is -2.17. The summed E-state index contributed by atoms with van der Waals surface area (Å²) in [5, 5.41) is 1.15. The minimum atomic E-state index is 0.166. The highest BCUT2D eigenvalue weighted by atomic mass is 32.1. The van der Waals surface area contributed by atoms with Gasteiger partial charge < -0.3 is 5.73 Å². The van der Waals surface area contributed by atoms with E-state index >= 15 is 0 Å². The van der Waals surface area contributed by atoms with Gasteiger partial charge in [0, 0.05) is 22.9 Å². The molecule has 0 amide bonds. The van der Waals surface area contributed by atoms with Crippen molar-refractivity contribution in [1.82, 2.24) is 4.98 Å². The van der Waals surface area contributed by atoms with E-state index in [4.69, 9.17) is 10.7 Å². The van der Waals surface area contributed by atoms with Gasteiger partial charge in [0.1, 0.15) is 0 Å². The molecule has 1 atom stereocenters. The van der Waals surface area contributed by atoms with Crippen molar-refractivity contribution in [2.75, 3.05) is 0 Å². The van der Waals surface area contributed by atoms with Crippen LogP contribution in [0.3, 0.4) is 0 Å². The molecular formula is C15H20N2S. The number of benzene rings is 1. The summed E-state index contributed by atoms with van der Waals surface area (Å²) in [4.78, 5) is 6.14. The fourth-order valence-corrected chi connectivity index (χ4v) is 3.17. The SMILES string of the molecule is CC(N)Cc1nc(-c2ccccc2)c(C(C)C)s1. The first-order valence-corrected chi connectivity index (χ1v) is 7.20. The standard InChI is InChI=1S/C15H20N2S/c1-10(2)15-14(12-7-5-4-6-8-12)17-13(18-15)9-11(3)16/h4-8,10-11H,9,16H2,1-3H3. The Morgan fingerprint density at radius 3 is 2.39 bits per heavy atom. The van der Waals surface area contributed by atoms with E-state index < -0.39 is 0 Å². The fourth-order valence-electron chi connectivity index (χ4n) is 1.93. The summed E-state index contributed by atoms with van der Waals surface area (Å²) in [7, 11) is 0. The van der Waals surface area contributed by atoms with Gasteiger partial charge in [-0.25, -0.2) is 4.98 Å². The lowest BCUT2D eigenvalue weighted by molar-refractivity contribution is 0.734. The number of nitrogens with two attached hydrogens (primary N) is 1. The smallest absolute Gasteiger partial charge is 0.0950 e. The van der Waals surface area contributed by atoms with E-state index in [1.165, 1.54) is 10.4 Å². The Kier molecular flexibility index (Phi) is 4.15. The van der Waals surface area contributed by atoms with Gasteiger partial charge in [-0.1, -0.05) is 44.2 Å². The molecule has 0 fully saturated rings. The van der Waals surface area contributed by atoms with E-state index in [9.17, 15) is 0 Å². The Morgan fingerprint density at radius 1 is 1.17 bits per heavy atom. The number of hydrogen-bond donors (Lipinski definition) is 1. The van der Waals surface area contributed by atoms with Crippen molar-refractivity contribution in [2.45, 2.75) is 39.2 Å². The summed E-state index contributed by atoms with van der Waals surface area (Å²) < 4.78 is 0. The summed E-state index contributed by atoms with van der Waals surface area (Å²) in [6.07, 6.45) is 0.858. The van der Waals surface area contributed by atoms with Gasteiger partial charge in [-0.05, 0) is 12.8 Å². The third kappa shape index (κ3) is 2.98. The highest BCUT2D eigenvalue weighted by Crippen LogP contribution is 2.34. The third-order valence-electron chi connectivity index (χ3n) is 2.77. The molecule has 2 nitrogen and oxygen atoms in total. The first-order valence-electron chi connectivity index (χ1n) is 6.38. The van der Waals surface area contributed by atoms with Crippen LogP contribution in [0, 0.1) is 0 Å². The van der Waals surface area contributed by atoms with Crippen LogP contribution >= 0.6 is 11.3 Å². The molecule has 1 heterocycles. The second-order valence-electron chi connectivity index (χ2n) is 5.02. The third-order valence-corrected chi connectivity index (χ3v) is 4.14. The van der Waals surface area contributed by atoms with Crippen molar-refractivity contribution < 1.29 is 0 Å². The Bertz CT molecular complexity index is 500. The number of nitrogens with zero attached hydrogens (tertiary/aromatic N) is 1. The molecule has 96 valence electrons. The highest BCUT2D eigenvalue weighted by Gasteiger charge is 2.16. The maximum Gasteiger partial charge on any atom is 0.0950 e. The first-order chi connectivity index (χ1) is 8.58.